The molecule has 0 radical (unpaired) electrons. The molecule has 0 saturated carbocycles. The number of hydrogen-bond acceptors (Lipinski definition) is 3. The van der Waals surface area contributed by atoms with Crippen molar-refractivity contribution in [1.29, 1.82) is 0 Å². The smallest absolute Gasteiger partial charge is 0.267 e. The molecular weight excluding hydrogens is 372 g/mol. The molecule has 3 aromatic rings. The molecule has 0 atom stereocenters. The van der Waals surface area contributed by atoms with Gasteiger partial charge in [0.2, 0.25) is 0 Å². The molecule has 4 N–H and O–H groups in total. The average Bonchev–Trinajstić information content (AvgIpc) is 3.14. The van der Waals surface area contributed by atoms with Crippen molar-refractivity contribution in [3.05, 3.63) is 70.4 Å². The lowest BCUT2D eigenvalue weighted by molar-refractivity contribution is 0.0945. The van der Waals surface area contributed by atoms with Crippen LogP contribution < -0.4 is 11.1 Å². The molecule has 0 spiro atoms. The van der Waals surface area contributed by atoms with Gasteiger partial charge in [0.1, 0.15) is 5.69 Å². The molecule has 0 fully saturated rings. The highest BCUT2D eigenvalue weighted by Crippen LogP contribution is 2.23. The molecule has 1 heterocycles. The molecule has 0 aliphatic rings. The molecule has 6 heteroatoms. The number of hydrogen-bond donors (Lipinski definition) is 3. The number of aromatic nitrogens is 1. The van der Waals surface area contributed by atoms with Crippen LogP contribution >= 0.6 is 11.6 Å². The van der Waals surface area contributed by atoms with Crippen LogP contribution in [0.2, 0.25) is 5.02 Å². The number of aryl methyl sites for hydroxylation is 1. The van der Waals surface area contributed by atoms with Crippen molar-refractivity contribution in [1.82, 2.24) is 15.2 Å². The number of carbonyl (C=O) groups is 1. The van der Waals surface area contributed by atoms with Gasteiger partial charge in [-0.2, -0.15) is 0 Å². The Hall–Kier alpha value is -2.34. The highest BCUT2D eigenvalue weighted by molar-refractivity contribution is 6.35. The number of likely N-dealkylation sites (N-methyl/N-ethyl adjacent to an activating group) is 1. The van der Waals surface area contributed by atoms with E-state index in [2.05, 4.69) is 46.5 Å². The van der Waals surface area contributed by atoms with Crippen molar-refractivity contribution in [2.75, 3.05) is 26.7 Å². The van der Waals surface area contributed by atoms with Gasteiger partial charge in [0.25, 0.3) is 5.91 Å². The lowest BCUT2D eigenvalue weighted by atomic mass is 10.1. The van der Waals surface area contributed by atoms with Crippen LogP contribution in [0.3, 0.4) is 0 Å². The summed E-state index contributed by atoms with van der Waals surface area (Å²) in [4.78, 5) is 17.7. The van der Waals surface area contributed by atoms with Gasteiger partial charge in [0.05, 0.1) is 0 Å². The third-order valence-corrected chi connectivity index (χ3v) is 5.23. The third-order valence-electron chi connectivity index (χ3n) is 4.90. The van der Waals surface area contributed by atoms with Crippen LogP contribution in [0.15, 0.2) is 48.5 Å². The normalized spacial score (nSPS) is 11.3. The molecule has 1 amide bonds. The third kappa shape index (κ3) is 5.35. The summed E-state index contributed by atoms with van der Waals surface area (Å²) >= 11 is 6.16. The average molecular weight is 399 g/mol. The van der Waals surface area contributed by atoms with Gasteiger partial charge in [-0.05, 0) is 55.8 Å². The van der Waals surface area contributed by atoms with Crippen molar-refractivity contribution < 1.29 is 4.79 Å². The SMILES string of the molecule is CN(CCCc1ccc(CN)cc1)CCNC(=O)c1cc2c(Cl)cccc2[nH]1. The Morgan fingerprint density at radius 1 is 1.14 bits per heavy atom. The van der Waals surface area contributed by atoms with Gasteiger partial charge in [0.15, 0.2) is 0 Å². The van der Waals surface area contributed by atoms with Gasteiger partial charge in [0, 0.05) is 35.6 Å². The first-order chi connectivity index (χ1) is 13.6. The van der Waals surface area contributed by atoms with Crippen LogP contribution in [-0.4, -0.2) is 42.5 Å². The highest BCUT2D eigenvalue weighted by Gasteiger charge is 2.11. The van der Waals surface area contributed by atoms with Crippen LogP contribution in [0.4, 0.5) is 0 Å². The van der Waals surface area contributed by atoms with Gasteiger partial charge < -0.3 is 20.9 Å². The number of carbonyl (C=O) groups excluding carboxylic acids is 1. The number of amides is 1. The molecular formula is C22H27ClN4O. The van der Waals surface area contributed by atoms with E-state index in [1.165, 1.54) is 5.56 Å². The molecule has 3 rings (SSSR count). The number of nitrogens with two attached hydrogens (primary N) is 1. The van der Waals surface area contributed by atoms with Crippen LogP contribution in [0.5, 0.6) is 0 Å². The maximum atomic E-state index is 12.3. The van der Waals surface area contributed by atoms with Crippen molar-refractivity contribution in [2.45, 2.75) is 19.4 Å². The Morgan fingerprint density at radius 3 is 2.61 bits per heavy atom. The minimum atomic E-state index is -0.110. The second-order valence-electron chi connectivity index (χ2n) is 7.07. The highest BCUT2D eigenvalue weighted by atomic mass is 35.5. The van der Waals surface area contributed by atoms with Gasteiger partial charge in [-0.25, -0.2) is 0 Å². The van der Waals surface area contributed by atoms with E-state index < -0.39 is 0 Å². The summed E-state index contributed by atoms with van der Waals surface area (Å²) in [5, 5.41) is 4.47. The molecule has 0 bridgehead atoms. The number of benzene rings is 2. The van der Waals surface area contributed by atoms with Crippen LogP contribution in [0.1, 0.15) is 28.0 Å². The zero-order valence-corrected chi connectivity index (χ0v) is 16.9. The van der Waals surface area contributed by atoms with Crippen molar-refractivity contribution in [3.63, 3.8) is 0 Å². The Kier molecular flexibility index (Phi) is 7.09. The maximum absolute atomic E-state index is 12.3. The standard InChI is InChI=1S/C22H27ClN4O/c1-27(12-3-4-16-7-9-17(15-24)10-8-16)13-11-25-22(28)21-14-18-19(23)5-2-6-20(18)26-21/h2,5-10,14,26H,3-4,11-13,15,24H2,1H3,(H,25,28). The summed E-state index contributed by atoms with van der Waals surface area (Å²) < 4.78 is 0. The summed E-state index contributed by atoms with van der Waals surface area (Å²) in [5.41, 5.74) is 9.52. The van der Waals surface area contributed by atoms with E-state index in [9.17, 15) is 4.79 Å². The molecule has 1 aromatic heterocycles. The Labute approximate surface area is 170 Å². The van der Waals surface area contributed by atoms with E-state index in [1.807, 2.05) is 18.2 Å². The Bertz CT molecular complexity index is 920. The first-order valence-electron chi connectivity index (χ1n) is 9.58. The fraction of sp³-hybridized carbons (Fsp3) is 0.318. The number of nitrogens with zero attached hydrogens (tertiary/aromatic N) is 1. The molecule has 148 valence electrons. The molecule has 2 aromatic carbocycles. The predicted molar refractivity (Wildman–Crippen MR) is 116 cm³/mol. The van der Waals surface area contributed by atoms with Gasteiger partial charge >= 0.3 is 0 Å². The maximum Gasteiger partial charge on any atom is 0.267 e. The molecule has 0 aliphatic heterocycles. The fourth-order valence-corrected chi connectivity index (χ4v) is 3.43. The quantitative estimate of drug-likeness (QED) is 0.515. The Morgan fingerprint density at radius 2 is 1.89 bits per heavy atom. The first kappa shape index (κ1) is 20.4. The molecule has 0 unspecified atom stereocenters. The monoisotopic (exact) mass is 398 g/mol. The van der Waals surface area contributed by atoms with E-state index >= 15 is 0 Å². The summed E-state index contributed by atoms with van der Waals surface area (Å²) in [5.74, 6) is -0.110. The van der Waals surface area contributed by atoms with Gasteiger partial charge in [-0.3, -0.25) is 4.79 Å². The number of H-pyrrole nitrogens is 1. The number of halogens is 1. The van der Waals surface area contributed by atoms with E-state index in [4.69, 9.17) is 17.3 Å². The molecule has 0 saturated heterocycles. The second kappa shape index (κ2) is 9.73. The van der Waals surface area contributed by atoms with Crippen LogP contribution in [0, 0.1) is 0 Å². The summed E-state index contributed by atoms with van der Waals surface area (Å²) in [7, 11) is 2.08. The minimum Gasteiger partial charge on any atom is -0.350 e. The second-order valence-corrected chi connectivity index (χ2v) is 7.47. The lowest BCUT2D eigenvalue weighted by Crippen LogP contribution is -2.33. The number of fused-ring (bicyclic) bond motifs is 1. The predicted octanol–water partition coefficient (Wildman–Crippen LogP) is 3.57. The van der Waals surface area contributed by atoms with Crippen LogP contribution in [0.25, 0.3) is 10.9 Å². The molecule has 0 aliphatic carbocycles. The van der Waals surface area contributed by atoms with Crippen molar-refractivity contribution >= 4 is 28.4 Å². The summed E-state index contributed by atoms with van der Waals surface area (Å²) in [6, 6.07) is 15.9. The zero-order chi connectivity index (χ0) is 19.9. The summed E-state index contributed by atoms with van der Waals surface area (Å²) in [6.45, 7) is 2.97. The molecule has 5 nitrogen and oxygen atoms in total. The zero-order valence-electron chi connectivity index (χ0n) is 16.2. The van der Waals surface area contributed by atoms with Crippen molar-refractivity contribution in [2.24, 2.45) is 5.73 Å². The van der Waals surface area contributed by atoms with E-state index in [-0.39, 0.29) is 5.91 Å². The van der Waals surface area contributed by atoms with E-state index in [1.54, 1.807) is 6.07 Å². The topological polar surface area (TPSA) is 74.2 Å². The molecule has 28 heavy (non-hydrogen) atoms. The number of nitrogens with one attached hydrogen (secondary N) is 2. The number of rotatable bonds is 9. The van der Waals surface area contributed by atoms with Crippen molar-refractivity contribution in [3.8, 4) is 0 Å². The van der Waals surface area contributed by atoms with E-state index in [0.29, 0.717) is 23.8 Å². The lowest BCUT2D eigenvalue weighted by Gasteiger charge is -2.16. The van der Waals surface area contributed by atoms with E-state index in [0.717, 1.165) is 42.4 Å². The van der Waals surface area contributed by atoms with Gasteiger partial charge in [-0.1, -0.05) is 41.9 Å². The minimum absolute atomic E-state index is 0.110. The largest absolute Gasteiger partial charge is 0.350 e. The summed E-state index contributed by atoms with van der Waals surface area (Å²) in [6.07, 6.45) is 2.12. The first-order valence-corrected chi connectivity index (χ1v) is 9.96. The van der Waals surface area contributed by atoms with Gasteiger partial charge in [-0.15, -0.1) is 0 Å². The number of aromatic amines is 1. The fourth-order valence-electron chi connectivity index (χ4n) is 3.20. The van der Waals surface area contributed by atoms with Crippen LogP contribution in [-0.2, 0) is 13.0 Å². The Balaban J connectivity index is 1.38.